The summed E-state index contributed by atoms with van der Waals surface area (Å²) in [6.45, 7) is 14.8. The highest BCUT2D eigenvalue weighted by Crippen LogP contribution is 2.41. The van der Waals surface area contributed by atoms with Gasteiger partial charge < -0.3 is 4.43 Å². The van der Waals surface area contributed by atoms with Gasteiger partial charge in [-0.25, -0.2) is 0 Å². The van der Waals surface area contributed by atoms with Crippen molar-refractivity contribution in [3.05, 3.63) is 59.0 Å². The third-order valence-electron chi connectivity index (χ3n) is 4.31. The standard InChI is InChI=1S/C17H27N3OSi/c1-7-11-15(19-20-18)16(14-12-9-8-10-13-14)21-22(5,6)17(2,3)4/h7-10,12-13,15-16H,1,11H2,2-6H3/t15-,16+/m1/s1. The van der Waals surface area contributed by atoms with Gasteiger partial charge in [-0.3, -0.25) is 0 Å². The van der Waals surface area contributed by atoms with Crippen LogP contribution in [0.2, 0.25) is 18.1 Å². The molecule has 0 N–H and O–H groups in total. The van der Waals surface area contributed by atoms with Gasteiger partial charge in [0.2, 0.25) is 0 Å². The number of azide groups is 1. The highest BCUT2D eigenvalue weighted by atomic mass is 28.4. The molecule has 22 heavy (non-hydrogen) atoms. The van der Waals surface area contributed by atoms with Crippen LogP contribution in [-0.4, -0.2) is 14.4 Å². The van der Waals surface area contributed by atoms with E-state index < -0.39 is 8.32 Å². The van der Waals surface area contributed by atoms with E-state index in [0.717, 1.165) is 5.56 Å². The molecule has 0 saturated heterocycles. The summed E-state index contributed by atoms with van der Waals surface area (Å²) in [7, 11) is -1.99. The molecule has 0 saturated carbocycles. The molecular weight excluding hydrogens is 290 g/mol. The second-order valence-corrected chi connectivity index (χ2v) is 11.8. The second-order valence-electron chi connectivity index (χ2n) is 7.01. The Balaban J connectivity index is 3.22. The third kappa shape index (κ3) is 4.73. The van der Waals surface area contributed by atoms with E-state index >= 15 is 0 Å². The Morgan fingerprint density at radius 2 is 1.91 bits per heavy atom. The van der Waals surface area contributed by atoms with E-state index in [2.05, 4.69) is 50.5 Å². The molecule has 4 nitrogen and oxygen atoms in total. The lowest BCUT2D eigenvalue weighted by molar-refractivity contribution is 0.154. The summed E-state index contributed by atoms with van der Waals surface area (Å²) in [4.78, 5) is 3.01. The fraction of sp³-hybridized carbons (Fsp3) is 0.529. The summed E-state index contributed by atoms with van der Waals surface area (Å²) >= 11 is 0. The van der Waals surface area contributed by atoms with E-state index in [-0.39, 0.29) is 17.2 Å². The molecule has 1 rings (SSSR count). The number of hydrogen-bond donors (Lipinski definition) is 0. The van der Waals surface area contributed by atoms with Crippen molar-refractivity contribution in [2.75, 3.05) is 0 Å². The van der Waals surface area contributed by atoms with Crippen molar-refractivity contribution in [1.82, 2.24) is 0 Å². The molecule has 0 aliphatic rings. The quantitative estimate of drug-likeness (QED) is 0.200. The zero-order valence-corrected chi connectivity index (χ0v) is 15.3. The molecule has 0 fully saturated rings. The van der Waals surface area contributed by atoms with Gasteiger partial charge in [0.15, 0.2) is 8.32 Å². The van der Waals surface area contributed by atoms with Crippen LogP contribution in [-0.2, 0) is 4.43 Å². The Labute approximate surface area is 135 Å². The largest absolute Gasteiger partial charge is 0.410 e. The highest BCUT2D eigenvalue weighted by molar-refractivity contribution is 6.74. The van der Waals surface area contributed by atoms with Crippen LogP contribution in [0, 0.1) is 0 Å². The Morgan fingerprint density at radius 3 is 2.36 bits per heavy atom. The first-order valence-electron chi connectivity index (χ1n) is 7.61. The summed E-state index contributed by atoms with van der Waals surface area (Å²) in [6.07, 6.45) is 2.14. The van der Waals surface area contributed by atoms with Gasteiger partial charge in [0, 0.05) is 4.91 Å². The van der Waals surface area contributed by atoms with Crippen LogP contribution >= 0.6 is 0 Å². The predicted molar refractivity (Wildman–Crippen MR) is 95.2 cm³/mol. The SMILES string of the molecule is C=CC[C@@H](N=[N+]=[N-])[C@@H](O[Si](C)(C)C(C)(C)C)c1ccccc1. The lowest BCUT2D eigenvalue weighted by Crippen LogP contribution is -2.43. The molecule has 0 amide bonds. The number of hydrogen-bond acceptors (Lipinski definition) is 2. The van der Waals surface area contributed by atoms with Crippen LogP contribution in [0.15, 0.2) is 48.1 Å². The Bertz CT molecular complexity index is 531. The van der Waals surface area contributed by atoms with Crippen LogP contribution in [0.25, 0.3) is 10.4 Å². The van der Waals surface area contributed by atoms with Crippen LogP contribution in [0.3, 0.4) is 0 Å². The average Bonchev–Trinajstić information content (AvgIpc) is 2.44. The zero-order valence-electron chi connectivity index (χ0n) is 14.3. The van der Waals surface area contributed by atoms with Gasteiger partial charge in [-0.05, 0) is 35.6 Å². The molecule has 5 heteroatoms. The Hall–Kier alpha value is -1.55. The van der Waals surface area contributed by atoms with Crippen molar-refractivity contribution in [3.8, 4) is 0 Å². The van der Waals surface area contributed by atoms with Crippen molar-refractivity contribution in [3.63, 3.8) is 0 Å². The molecule has 120 valence electrons. The van der Waals surface area contributed by atoms with Gasteiger partial charge in [-0.15, -0.1) is 6.58 Å². The van der Waals surface area contributed by atoms with E-state index in [4.69, 9.17) is 9.96 Å². The first-order valence-corrected chi connectivity index (χ1v) is 10.5. The van der Waals surface area contributed by atoms with Crippen LogP contribution in [0.4, 0.5) is 0 Å². The molecule has 0 aliphatic heterocycles. The van der Waals surface area contributed by atoms with E-state index in [1.165, 1.54) is 0 Å². The maximum Gasteiger partial charge on any atom is 0.192 e. The summed E-state index contributed by atoms with van der Waals surface area (Å²) in [5.74, 6) is 0. The predicted octanol–water partition coefficient (Wildman–Crippen LogP) is 6.00. The molecule has 0 bridgehead atoms. The molecule has 0 spiro atoms. The number of rotatable bonds is 7. The minimum atomic E-state index is -1.99. The monoisotopic (exact) mass is 317 g/mol. The Kier molecular flexibility index (Phi) is 6.42. The second kappa shape index (κ2) is 7.63. The maximum atomic E-state index is 8.90. The first kappa shape index (κ1) is 18.5. The van der Waals surface area contributed by atoms with Gasteiger partial charge in [-0.1, -0.05) is 62.3 Å². The summed E-state index contributed by atoms with van der Waals surface area (Å²) in [6, 6.07) is 9.72. The Morgan fingerprint density at radius 1 is 1.32 bits per heavy atom. The minimum absolute atomic E-state index is 0.0924. The fourth-order valence-electron chi connectivity index (χ4n) is 1.97. The van der Waals surface area contributed by atoms with Crippen molar-refractivity contribution in [1.29, 1.82) is 0 Å². The van der Waals surface area contributed by atoms with Crippen LogP contribution in [0.5, 0.6) is 0 Å². The van der Waals surface area contributed by atoms with Crippen LogP contribution < -0.4 is 0 Å². The molecule has 0 aromatic heterocycles. The first-order chi connectivity index (χ1) is 10.2. The number of nitrogens with zero attached hydrogens (tertiary/aromatic N) is 3. The van der Waals surface area contributed by atoms with Crippen molar-refractivity contribution in [2.24, 2.45) is 5.11 Å². The average molecular weight is 318 g/mol. The minimum Gasteiger partial charge on any atom is -0.410 e. The molecule has 1 aromatic rings. The normalized spacial score (nSPS) is 14.8. The molecular formula is C17H27N3OSi. The van der Waals surface area contributed by atoms with Gasteiger partial charge in [0.25, 0.3) is 0 Å². The lowest BCUT2D eigenvalue weighted by atomic mass is 10.0. The lowest BCUT2D eigenvalue weighted by Gasteiger charge is -2.40. The number of benzene rings is 1. The molecule has 0 unspecified atom stereocenters. The van der Waals surface area contributed by atoms with E-state index in [1.807, 2.05) is 30.3 Å². The fourth-order valence-corrected chi connectivity index (χ4v) is 3.26. The van der Waals surface area contributed by atoms with Gasteiger partial charge in [0.05, 0.1) is 12.1 Å². The summed E-state index contributed by atoms with van der Waals surface area (Å²) in [5.41, 5.74) is 9.94. The molecule has 0 radical (unpaired) electrons. The van der Waals surface area contributed by atoms with E-state index in [1.54, 1.807) is 6.08 Å². The molecule has 0 heterocycles. The topological polar surface area (TPSA) is 58.0 Å². The van der Waals surface area contributed by atoms with Gasteiger partial charge in [-0.2, -0.15) is 0 Å². The van der Waals surface area contributed by atoms with Crippen molar-refractivity contribution < 1.29 is 4.43 Å². The maximum absolute atomic E-state index is 8.90. The van der Waals surface area contributed by atoms with E-state index in [0.29, 0.717) is 6.42 Å². The smallest absolute Gasteiger partial charge is 0.192 e. The van der Waals surface area contributed by atoms with Gasteiger partial charge in [0.1, 0.15) is 0 Å². The van der Waals surface area contributed by atoms with Crippen molar-refractivity contribution >= 4 is 8.32 Å². The summed E-state index contributed by atoms with van der Waals surface area (Å²) in [5, 5.41) is 4.06. The molecule has 2 atom stereocenters. The van der Waals surface area contributed by atoms with Gasteiger partial charge >= 0.3 is 0 Å². The summed E-state index contributed by atoms with van der Waals surface area (Å²) < 4.78 is 6.58. The molecule has 1 aromatic carbocycles. The van der Waals surface area contributed by atoms with E-state index in [9.17, 15) is 0 Å². The molecule has 0 aliphatic carbocycles. The highest BCUT2D eigenvalue weighted by Gasteiger charge is 2.40. The third-order valence-corrected chi connectivity index (χ3v) is 8.77. The van der Waals surface area contributed by atoms with Crippen LogP contribution in [0.1, 0.15) is 38.9 Å². The zero-order chi connectivity index (χ0) is 16.8. The van der Waals surface area contributed by atoms with Crippen molar-refractivity contribution in [2.45, 2.75) is 57.5 Å².